The fourth-order valence-electron chi connectivity index (χ4n) is 3.30. The van der Waals surface area contributed by atoms with Gasteiger partial charge in [-0.2, -0.15) is 0 Å². The van der Waals surface area contributed by atoms with Gasteiger partial charge in [0.05, 0.1) is 11.7 Å². The average molecular weight is 562 g/mol. The minimum atomic E-state index is -1.61. The minimum absolute atomic E-state index is 0. The second-order valence-corrected chi connectivity index (χ2v) is 9.70. The maximum Gasteiger partial charge on any atom is 1.00 e. The first kappa shape index (κ1) is 27.7. The summed E-state index contributed by atoms with van der Waals surface area (Å²) in [6.45, 7) is 0. The van der Waals surface area contributed by atoms with Crippen LogP contribution in [0.15, 0.2) is 33.1 Å². The predicted octanol–water partition coefficient (Wildman–Crippen LogP) is -4.23. The number of rotatable bonds is 7. The molecule has 1 fully saturated rings. The molecule has 3 amide bonds. The summed E-state index contributed by atoms with van der Waals surface area (Å²) in [6.07, 6.45) is 2.74. The van der Waals surface area contributed by atoms with Crippen molar-refractivity contribution in [2.45, 2.75) is 11.4 Å². The third-order valence-electron chi connectivity index (χ3n) is 4.85. The molecule has 0 bridgehead atoms. The fraction of sp³-hybridized carbons (Fsp3) is 0.167. The fourth-order valence-corrected chi connectivity index (χ4v) is 5.55. The molecule has 2 aromatic heterocycles. The van der Waals surface area contributed by atoms with Gasteiger partial charge >= 0.3 is 29.6 Å². The van der Waals surface area contributed by atoms with E-state index in [1.165, 1.54) is 30.0 Å². The van der Waals surface area contributed by atoms with E-state index in [1.807, 2.05) is 0 Å². The molecule has 0 spiro atoms. The van der Waals surface area contributed by atoms with Crippen LogP contribution >= 0.6 is 34.7 Å². The third kappa shape index (κ3) is 5.14. The molecule has 14 nitrogen and oxygen atoms in total. The van der Waals surface area contributed by atoms with Crippen LogP contribution in [-0.4, -0.2) is 66.8 Å². The summed E-state index contributed by atoms with van der Waals surface area (Å²) in [5.41, 5.74) is 9.65. The summed E-state index contributed by atoms with van der Waals surface area (Å²) in [7, 11) is 0. The van der Waals surface area contributed by atoms with Gasteiger partial charge < -0.3 is 36.4 Å². The summed E-state index contributed by atoms with van der Waals surface area (Å²) in [5, 5.41) is 29.2. The molecule has 2 aliphatic rings. The van der Waals surface area contributed by atoms with E-state index in [-0.39, 0.29) is 73.2 Å². The Morgan fingerprint density at radius 3 is 2.67 bits per heavy atom. The van der Waals surface area contributed by atoms with Crippen LogP contribution in [0.3, 0.4) is 0 Å². The Bertz CT molecular complexity index is 1350. The van der Waals surface area contributed by atoms with E-state index in [0.717, 1.165) is 16.2 Å². The van der Waals surface area contributed by atoms with Crippen LogP contribution in [-0.2, 0) is 14.4 Å². The first-order chi connectivity index (χ1) is 16.6. The Labute approximate surface area is 236 Å². The number of aliphatic carboxylic acids is 1. The quantitative estimate of drug-likeness (QED) is 0.0831. The van der Waals surface area contributed by atoms with Gasteiger partial charge in [0.25, 0.3) is 17.7 Å². The van der Waals surface area contributed by atoms with Gasteiger partial charge in [0, 0.05) is 11.8 Å². The normalized spacial score (nSPS) is 19.5. The van der Waals surface area contributed by atoms with Crippen LogP contribution in [0.1, 0.15) is 21.9 Å². The monoisotopic (exact) mass is 561 g/mol. The number of halogens is 1. The largest absolute Gasteiger partial charge is 1.00 e. The number of thioether (sulfide) groups is 1. The molecule has 4 heterocycles. The van der Waals surface area contributed by atoms with E-state index in [2.05, 4.69) is 20.6 Å². The number of aromatic nitrogens is 2. The van der Waals surface area contributed by atoms with Crippen molar-refractivity contribution in [2.24, 2.45) is 10.9 Å². The van der Waals surface area contributed by atoms with Gasteiger partial charge in [-0.05, 0) is 11.6 Å². The van der Waals surface area contributed by atoms with E-state index in [4.69, 9.17) is 27.6 Å². The number of thiazole rings is 1. The van der Waals surface area contributed by atoms with Crippen molar-refractivity contribution in [3.05, 3.63) is 44.9 Å². The Balaban J connectivity index is 0.00000361. The van der Waals surface area contributed by atoms with Gasteiger partial charge in [0.1, 0.15) is 21.4 Å². The second-order valence-electron chi connectivity index (χ2n) is 6.96. The van der Waals surface area contributed by atoms with Crippen LogP contribution in [0.5, 0.6) is 0 Å². The van der Waals surface area contributed by atoms with Crippen LogP contribution in [0.25, 0.3) is 6.08 Å². The number of carboxylic acids is 1. The number of carboxylic acid groups (broad SMARTS) is 1. The molecule has 6 N–H and O–H groups in total. The summed E-state index contributed by atoms with van der Waals surface area (Å²) in [5.74, 6) is -3.82. The number of allylic oxidation sites excluding steroid dienone is 1. The Hall–Kier alpha value is -2.89. The van der Waals surface area contributed by atoms with Crippen molar-refractivity contribution in [3.8, 4) is 0 Å². The topological polar surface area (TPSA) is 230 Å². The number of carbonyl (C=O) groups excluding carboxylic acids is 4. The Kier molecular flexibility index (Phi) is 8.48. The zero-order valence-electron chi connectivity index (χ0n) is 18.1. The second kappa shape index (κ2) is 11.0. The number of primary amides is 1. The third-order valence-corrected chi connectivity index (χ3v) is 7.23. The van der Waals surface area contributed by atoms with E-state index >= 15 is 0 Å². The molecule has 0 unspecified atom stereocenters. The standard InChI is InChI=1S/C18H14ClN7O7S2.Na/c19-12-8(23-18(21)35-12)9(24-32)14(28)22-10-15(29)26-11(17(30)31)5(4-34-16(10)26)1-2-6-3-7(13(20)27)25-33-6;/h1-3,10,16,32H,4H2,(H2,20,27)(H2,21,23)(H,22,28)(H,30,31);/q;+1/p-1/b2-1-,24-9-;/t10-,16-;/m1./s1. The first-order valence-corrected chi connectivity index (χ1v) is 11.7. The number of hydrogen-bond acceptors (Lipinski definition) is 13. The molecule has 0 aromatic carbocycles. The predicted molar refractivity (Wildman–Crippen MR) is 121 cm³/mol. The molecule has 2 aromatic rings. The van der Waals surface area contributed by atoms with E-state index in [9.17, 15) is 29.5 Å². The number of fused-ring (bicyclic) bond motifs is 1. The van der Waals surface area contributed by atoms with Crippen molar-refractivity contribution in [1.82, 2.24) is 20.4 Å². The van der Waals surface area contributed by atoms with Crippen molar-refractivity contribution in [3.63, 3.8) is 0 Å². The molecule has 0 aliphatic carbocycles. The first-order valence-electron chi connectivity index (χ1n) is 9.41. The SMILES string of the molecule is NC(=O)c1cc(/C=C\C2=C(C(=O)[O-])N3C(=O)[C@@H](NC(=O)/C(=N\O)c4nc(N)sc4Cl)[C@H]3SC2)on1.[Na+]. The maximum absolute atomic E-state index is 12.8. The van der Waals surface area contributed by atoms with Crippen LogP contribution in [0, 0.1) is 0 Å². The smallest absolute Gasteiger partial charge is 0.543 e. The van der Waals surface area contributed by atoms with E-state index in [0.29, 0.717) is 0 Å². The van der Waals surface area contributed by atoms with Crippen LogP contribution in [0.2, 0.25) is 4.34 Å². The zero-order chi connectivity index (χ0) is 25.4. The van der Waals surface area contributed by atoms with E-state index in [1.54, 1.807) is 0 Å². The number of oxime groups is 1. The molecule has 18 heteroatoms. The molecule has 36 heavy (non-hydrogen) atoms. The number of nitrogen functional groups attached to an aromatic ring is 1. The summed E-state index contributed by atoms with van der Waals surface area (Å²) >= 11 is 7.98. The van der Waals surface area contributed by atoms with Gasteiger partial charge in [-0.1, -0.05) is 39.3 Å². The molecule has 0 saturated carbocycles. The summed E-state index contributed by atoms with van der Waals surface area (Å²) in [6, 6.07) is 0.144. The number of nitrogens with zero attached hydrogens (tertiary/aromatic N) is 4. The molecule has 0 radical (unpaired) electrons. The number of carbonyl (C=O) groups is 4. The van der Waals surface area contributed by atoms with Gasteiger partial charge in [-0.25, -0.2) is 4.98 Å². The number of anilines is 1. The maximum atomic E-state index is 12.8. The summed E-state index contributed by atoms with van der Waals surface area (Å²) in [4.78, 5) is 53.2. The van der Waals surface area contributed by atoms with Crippen LogP contribution < -0.4 is 51.4 Å². The Morgan fingerprint density at radius 1 is 1.39 bits per heavy atom. The van der Waals surface area contributed by atoms with Gasteiger partial charge in [0.15, 0.2) is 22.3 Å². The number of nitrogens with one attached hydrogen (secondary N) is 1. The zero-order valence-corrected chi connectivity index (χ0v) is 22.5. The molecule has 2 aliphatic heterocycles. The molecule has 182 valence electrons. The van der Waals surface area contributed by atoms with Crippen molar-refractivity contribution < 1.29 is 63.6 Å². The number of nitrogens with two attached hydrogens (primary N) is 2. The molecule has 2 atom stereocenters. The van der Waals surface area contributed by atoms with Gasteiger partial charge in [0.2, 0.25) is 0 Å². The van der Waals surface area contributed by atoms with E-state index < -0.39 is 40.8 Å². The van der Waals surface area contributed by atoms with Crippen molar-refractivity contribution in [2.75, 3.05) is 11.5 Å². The number of hydrogen-bond donors (Lipinski definition) is 4. The molecular formula is C18H13ClN7NaO7S2. The van der Waals surface area contributed by atoms with Crippen LogP contribution in [0.4, 0.5) is 5.13 Å². The van der Waals surface area contributed by atoms with Crippen molar-refractivity contribution in [1.29, 1.82) is 0 Å². The number of β-lactam (4-membered cyclic amide) rings is 1. The molecular weight excluding hydrogens is 549 g/mol. The Morgan fingerprint density at radius 2 is 2.11 bits per heavy atom. The average Bonchev–Trinajstić information content (AvgIpc) is 3.42. The summed E-state index contributed by atoms with van der Waals surface area (Å²) < 4.78 is 4.93. The molecule has 4 rings (SSSR count). The minimum Gasteiger partial charge on any atom is -0.543 e. The number of amides is 3. The van der Waals surface area contributed by atoms with Crippen molar-refractivity contribution >= 4 is 75.3 Å². The van der Waals surface area contributed by atoms with Gasteiger partial charge in [-0.15, -0.1) is 11.8 Å². The molecule has 1 saturated heterocycles. The van der Waals surface area contributed by atoms with Gasteiger partial charge in [-0.3, -0.25) is 19.3 Å².